The molecule has 15 heavy (non-hydrogen) atoms. The van der Waals surface area contributed by atoms with Crippen LogP contribution >= 0.6 is 15.9 Å². The quantitative estimate of drug-likeness (QED) is 0.717. The molecule has 5 nitrogen and oxygen atoms in total. The van der Waals surface area contributed by atoms with Gasteiger partial charge in [0.05, 0.1) is 4.47 Å². The number of aromatic amines is 1. The molecule has 0 atom stereocenters. The highest BCUT2D eigenvalue weighted by Crippen LogP contribution is 2.27. The monoisotopic (exact) mass is 272 g/mol. The molecule has 0 aromatic carbocycles. The number of H-pyrrole nitrogens is 1. The molecule has 1 aromatic rings. The topological polar surface area (TPSA) is 82.2 Å². The van der Waals surface area contributed by atoms with Gasteiger partial charge in [-0.2, -0.15) is 0 Å². The van der Waals surface area contributed by atoms with Crippen LogP contribution in [0.15, 0.2) is 4.47 Å². The number of aromatic nitrogens is 1. The highest BCUT2D eigenvalue weighted by atomic mass is 79.9. The predicted octanol–water partition coefficient (Wildman–Crippen LogP) is 1.15. The van der Waals surface area contributed by atoms with Gasteiger partial charge >= 0.3 is 5.97 Å². The van der Waals surface area contributed by atoms with Crippen LogP contribution in [0.1, 0.15) is 33.0 Å². The molecule has 6 heteroatoms. The summed E-state index contributed by atoms with van der Waals surface area (Å²) in [4.78, 5) is 25.0. The summed E-state index contributed by atoms with van der Waals surface area (Å²) in [6.07, 6.45) is 1.51. The van der Waals surface area contributed by atoms with Gasteiger partial charge in [0.1, 0.15) is 11.4 Å². The minimum Gasteiger partial charge on any atom is -0.477 e. The van der Waals surface area contributed by atoms with E-state index in [1.807, 2.05) is 0 Å². The van der Waals surface area contributed by atoms with Crippen LogP contribution in [0.2, 0.25) is 0 Å². The Morgan fingerprint density at radius 2 is 2.20 bits per heavy atom. The van der Waals surface area contributed by atoms with Crippen molar-refractivity contribution < 1.29 is 14.7 Å². The first kappa shape index (κ1) is 10.2. The van der Waals surface area contributed by atoms with E-state index in [0.29, 0.717) is 23.1 Å². The second kappa shape index (κ2) is 3.69. The highest BCUT2D eigenvalue weighted by molar-refractivity contribution is 9.10. The molecule has 0 aliphatic carbocycles. The van der Waals surface area contributed by atoms with Gasteiger partial charge in [-0.25, -0.2) is 4.79 Å². The maximum absolute atomic E-state index is 11.5. The first-order chi connectivity index (χ1) is 7.11. The molecule has 0 radical (unpaired) electrons. The molecule has 0 unspecified atom stereocenters. The largest absolute Gasteiger partial charge is 0.477 e. The van der Waals surface area contributed by atoms with Crippen LogP contribution in [-0.4, -0.2) is 28.5 Å². The third-order valence-electron chi connectivity index (χ3n) is 2.37. The maximum atomic E-state index is 11.5. The second-order valence-electron chi connectivity index (χ2n) is 3.33. The molecule has 0 bridgehead atoms. The Morgan fingerprint density at radius 1 is 1.47 bits per heavy atom. The lowest BCUT2D eigenvalue weighted by Gasteiger charge is -1.97. The Balaban J connectivity index is 2.56. The van der Waals surface area contributed by atoms with Crippen LogP contribution in [0, 0.1) is 0 Å². The number of rotatable bonds is 1. The van der Waals surface area contributed by atoms with Gasteiger partial charge in [0.25, 0.3) is 5.91 Å². The van der Waals surface area contributed by atoms with Gasteiger partial charge in [0.15, 0.2) is 0 Å². The van der Waals surface area contributed by atoms with Crippen molar-refractivity contribution in [3.8, 4) is 0 Å². The van der Waals surface area contributed by atoms with Crippen molar-refractivity contribution in [3.05, 3.63) is 21.4 Å². The van der Waals surface area contributed by atoms with Gasteiger partial charge in [-0.05, 0) is 34.3 Å². The molecule has 1 aliphatic rings. The fourth-order valence-corrected chi connectivity index (χ4v) is 2.31. The Bertz CT molecular complexity index is 439. The Kier molecular flexibility index (Phi) is 2.52. The number of carboxylic acids is 1. The summed E-state index contributed by atoms with van der Waals surface area (Å²) in [7, 11) is 0. The Hall–Kier alpha value is -1.30. The van der Waals surface area contributed by atoms with Gasteiger partial charge in [0.2, 0.25) is 0 Å². The number of halogens is 1. The number of amides is 1. The lowest BCUT2D eigenvalue weighted by Crippen LogP contribution is -2.23. The fourth-order valence-electron chi connectivity index (χ4n) is 1.65. The minimum absolute atomic E-state index is 0.0389. The summed E-state index contributed by atoms with van der Waals surface area (Å²) in [5.74, 6) is -1.31. The average Bonchev–Trinajstić information content (AvgIpc) is 2.39. The fraction of sp³-hybridized carbons (Fsp3) is 0.333. The number of carboxylic acid groups (broad SMARTS) is 1. The van der Waals surface area contributed by atoms with E-state index in [1.165, 1.54) is 0 Å². The molecule has 0 saturated carbocycles. The van der Waals surface area contributed by atoms with Crippen LogP contribution in [0.3, 0.4) is 0 Å². The maximum Gasteiger partial charge on any atom is 0.353 e. The van der Waals surface area contributed by atoms with E-state index >= 15 is 0 Å². The van der Waals surface area contributed by atoms with E-state index < -0.39 is 5.97 Å². The minimum atomic E-state index is -1.07. The van der Waals surface area contributed by atoms with E-state index in [2.05, 4.69) is 26.2 Å². The van der Waals surface area contributed by atoms with Crippen LogP contribution in [0.4, 0.5) is 0 Å². The van der Waals surface area contributed by atoms with Gasteiger partial charge in [-0.3, -0.25) is 4.79 Å². The normalized spacial score (nSPS) is 15.4. The van der Waals surface area contributed by atoms with Crippen LogP contribution in [0.25, 0.3) is 0 Å². The van der Waals surface area contributed by atoms with E-state index in [4.69, 9.17) is 5.11 Å². The molecule has 80 valence electrons. The number of carbonyl (C=O) groups is 2. The summed E-state index contributed by atoms with van der Waals surface area (Å²) in [5, 5.41) is 11.6. The molecule has 0 saturated heterocycles. The van der Waals surface area contributed by atoms with Crippen LogP contribution in [-0.2, 0) is 6.42 Å². The number of hydrogen-bond acceptors (Lipinski definition) is 2. The smallest absolute Gasteiger partial charge is 0.353 e. The highest BCUT2D eigenvalue weighted by Gasteiger charge is 2.25. The standard InChI is InChI=1S/C9H9BrN2O3/c10-5-4-2-1-3-11-8(13)6(4)12-7(5)9(14)15/h12H,1-3H2,(H,11,13)(H,14,15). The summed E-state index contributed by atoms with van der Waals surface area (Å²) in [6.45, 7) is 0.621. The van der Waals surface area contributed by atoms with E-state index in [-0.39, 0.29) is 11.6 Å². The van der Waals surface area contributed by atoms with Gasteiger partial charge < -0.3 is 15.4 Å². The lowest BCUT2D eigenvalue weighted by molar-refractivity contribution is 0.0690. The van der Waals surface area contributed by atoms with Gasteiger partial charge in [-0.15, -0.1) is 0 Å². The van der Waals surface area contributed by atoms with Crippen molar-refractivity contribution in [2.24, 2.45) is 0 Å². The third-order valence-corrected chi connectivity index (χ3v) is 3.24. The predicted molar refractivity (Wildman–Crippen MR) is 56.1 cm³/mol. The number of aromatic carboxylic acids is 1. The SMILES string of the molecule is O=C(O)c1[nH]c2c(c1Br)CCCNC2=O. The molecule has 1 aromatic heterocycles. The zero-order valence-corrected chi connectivity index (χ0v) is 9.35. The summed E-state index contributed by atoms with van der Waals surface area (Å²) < 4.78 is 0.488. The second-order valence-corrected chi connectivity index (χ2v) is 4.13. The Morgan fingerprint density at radius 3 is 2.87 bits per heavy atom. The summed E-state index contributed by atoms with van der Waals surface area (Å²) >= 11 is 3.21. The van der Waals surface area contributed by atoms with E-state index in [9.17, 15) is 9.59 Å². The van der Waals surface area contributed by atoms with Crippen LogP contribution in [0.5, 0.6) is 0 Å². The molecule has 2 rings (SSSR count). The zero-order valence-electron chi connectivity index (χ0n) is 7.76. The van der Waals surface area contributed by atoms with Crippen molar-refractivity contribution in [1.82, 2.24) is 10.3 Å². The van der Waals surface area contributed by atoms with Crippen molar-refractivity contribution in [2.45, 2.75) is 12.8 Å². The molecule has 1 aliphatic heterocycles. The van der Waals surface area contributed by atoms with E-state index in [0.717, 1.165) is 12.0 Å². The molecule has 0 spiro atoms. The molecule has 0 fully saturated rings. The molecular formula is C9H9BrN2O3. The Labute approximate surface area is 94.0 Å². The summed E-state index contributed by atoms with van der Waals surface area (Å²) in [5.41, 5.74) is 1.15. The average molecular weight is 273 g/mol. The molecule has 2 heterocycles. The van der Waals surface area contributed by atoms with Gasteiger partial charge in [-0.1, -0.05) is 0 Å². The number of nitrogens with one attached hydrogen (secondary N) is 2. The molecule has 1 amide bonds. The number of fused-ring (bicyclic) bond motifs is 1. The van der Waals surface area contributed by atoms with Crippen LogP contribution < -0.4 is 5.32 Å². The summed E-state index contributed by atoms with van der Waals surface area (Å²) in [6, 6.07) is 0. The van der Waals surface area contributed by atoms with Crippen molar-refractivity contribution in [1.29, 1.82) is 0 Å². The van der Waals surface area contributed by atoms with Crippen molar-refractivity contribution in [2.75, 3.05) is 6.54 Å². The third kappa shape index (κ3) is 1.65. The zero-order chi connectivity index (χ0) is 11.0. The molecule has 3 N–H and O–H groups in total. The lowest BCUT2D eigenvalue weighted by atomic mass is 10.1. The number of hydrogen-bond donors (Lipinski definition) is 3. The number of carbonyl (C=O) groups excluding carboxylic acids is 1. The first-order valence-electron chi connectivity index (χ1n) is 4.53. The van der Waals surface area contributed by atoms with Gasteiger partial charge in [0, 0.05) is 6.54 Å². The molecular weight excluding hydrogens is 264 g/mol. The van der Waals surface area contributed by atoms with Crippen molar-refractivity contribution in [3.63, 3.8) is 0 Å². The van der Waals surface area contributed by atoms with Crippen molar-refractivity contribution >= 4 is 27.8 Å². The first-order valence-corrected chi connectivity index (χ1v) is 5.32. The van der Waals surface area contributed by atoms with E-state index in [1.54, 1.807) is 0 Å².